The number of rotatable bonds is 5. The second-order valence-corrected chi connectivity index (χ2v) is 9.76. The Balaban J connectivity index is 2.06. The molecule has 178 valence electrons. The average molecular weight is 457 g/mol. The summed E-state index contributed by atoms with van der Waals surface area (Å²) in [6.07, 6.45) is 5.68. The summed E-state index contributed by atoms with van der Waals surface area (Å²) >= 11 is 0. The smallest absolute Gasteiger partial charge is 0.328 e. The van der Waals surface area contributed by atoms with E-state index in [0.717, 1.165) is 55.3 Å². The van der Waals surface area contributed by atoms with Crippen LogP contribution in [0.5, 0.6) is 0 Å². The molecule has 1 aromatic heterocycles. The van der Waals surface area contributed by atoms with Crippen LogP contribution in [-0.2, 0) is 28.9 Å². The van der Waals surface area contributed by atoms with Gasteiger partial charge >= 0.3 is 5.97 Å². The van der Waals surface area contributed by atoms with E-state index in [-0.39, 0.29) is 17.9 Å². The number of pyridine rings is 1. The summed E-state index contributed by atoms with van der Waals surface area (Å²) in [5.41, 5.74) is 1.69. The number of hydrogen-bond acceptors (Lipinski definition) is 4. The molecule has 0 aliphatic heterocycles. The van der Waals surface area contributed by atoms with E-state index in [1.807, 2.05) is 20.8 Å². The van der Waals surface area contributed by atoms with Crippen LogP contribution in [0.15, 0.2) is 35.1 Å². The summed E-state index contributed by atoms with van der Waals surface area (Å²) in [5, 5.41) is 2.72. The number of aromatic nitrogens is 1. The third-order valence-corrected chi connectivity index (χ3v) is 6.18. The fraction of sp³-hybridized carbons (Fsp3) is 0.500. The monoisotopic (exact) mass is 456 g/mol. The molecule has 0 bridgehead atoms. The second kappa shape index (κ2) is 10.3. The summed E-state index contributed by atoms with van der Waals surface area (Å²) in [7, 11) is 1.27. The van der Waals surface area contributed by atoms with Crippen LogP contribution in [0, 0.1) is 11.2 Å². The van der Waals surface area contributed by atoms with E-state index in [1.165, 1.54) is 19.2 Å². The molecule has 1 amide bonds. The van der Waals surface area contributed by atoms with Gasteiger partial charge in [0.1, 0.15) is 17.4 Å². The van der Waals surface area contributed by atoms with E-state index in [0.29, 0.717) is 0 Å². The number of aryl methyl sites for hydroxylation is 1. The molecule has 2 aromatic rings. The Morgan fingerprint density at radius 3 is 2.33 bits per heavy atom. The highest BCUT2D eigenvalue weighted by Crippen LogP contribution is 2.23. The van der Waals surface area contributed by atoms with Gasteiger partial charge in [-0.05, 0) is 60.4 Å². The van der Waals surface area contributed by atoms with E-state index in [1.54, 1.807) is 22.8 Å². The van der Waals surface area contributed by atoms with Gasteiger partial charge < -0.3 is 14.6 Å². The van der Waals surface area contributed by atoms with Crippen molar-refractivity contribution in [3.63, 3.8) is 0 Å². The number of hydrogen-bond donors (Lipinski definition) is 1. The van der Waals surface area contributed by atoms with Crippen molar-refractivity contribution in [2.45, 2.75) is 71.9 Å². The molecule has 1 unspecified atom stereocenters. The highest BCUT2D eigenvalue weighted by atomic mass is 19.1. The molecule has 0 fully saturated rings. The van der Waals surface area contributed by atoms with E-state index in [9.17, 15) is 18.8 Å². The number of methoxy groups -OCH3 is 1. The number of fused-ring (bicyclic) bond motifs is 1. The number of benzene rings is 1. The molecular formula is C26H33FN2O4. The molecule has 7 heteroatoms. The van der Waals surface area contributed by atoms with Gasteiger partial charge in [0.05, 0.1) is 13.7 Å². The summed E-state index contributed by atoms with van der Waals surface area (Å²) in [6, 6.07) is 6.82. The first kappa shape index (κ1) is 24.7. The topological polar surface area (TPSA) is 77.4 Å². The highest BCUT2D eigenvalue weighted by molar-refractivity contribution is 5.97. The number of ether oxygens (including phenoxy) is 1. The second-order valence-electron chi connectivity index (χ2n) is 9.76. The molecule has 33 heavy (non-hydrogen) atoms. The lowest BCUT2D eigenvalue weighted by atomic mass is 9.86. The summed E-state index contributed by atoms with van der Waals surface area (Å²) < 4.78 is 19.9. The fourth-order valence-corrected chi connectivity index (χ4v) is 4.29. The third kappa shape index (κ3) is 5.89. The van der Waals surface area contributed by atoms with Crippen LogP contribution >= 0.6 is 0 Å². The van der Waals surface area contributed by atoms with Gasteiger partial charge in [-0.3, -0.25) is 9.59 Å². The lowest BCUT2D eigenvalue weighted by molar-refractivity contribution is -0.145. The Hall–Kier alpha value is -2.96. The van der Waals surface area contributed by atoms with Crippen LogP contribution in [0.3, 0.4) is 0 Å². The van der Waals surface area contributed by atoms with E-state index in [4.69, 9.17) is 4.74 Å². The summed E-state index contributed by atoms with van der Waals surface area (Å²) in [5.74, 6) is -1.50. The third-order valence-electron chi connectivity index (χ3n) is 6.18. The SMILES string of the molecule is COC(=O)C(NC(=O)c1cc2c(n(Cc3ccc(F)cc3)c1=O)CCCCCC2)C(C)(C)C. The van der Waals surface area contributed by atoms with Crippen LogP contribution < -0.4 is 10.9 Å². The Morgan fingerprint density at radius 1 is 1.09 bits per heavy atom. The maximum atomic E-state index is 13.5. The first-order valence-corrected chi connectivity index (χ1v) is 11.5. The Kier molecular flexibility index (Phi) is 7.72. The largest absolute Gasteiger partial charge is 0.467 e. The number of carbonyl (C=O) groups is 2. The molecule has 0 spiro atoms. The maximum absolute atomic E-state index is 13.5. The van der Waals surface area contributed by atoms with Crippen molar-refractivity contribution < 1.29 is 18.7 Å². The first-order chi connectivity index (χ1) is 15.6. The van der Waals surface area contributed by atoms with Gasteiger partial charge in [0.15, 0.2) is 0 Å². The van der Waals surface area contributed by atoms with Crippen molar-refractivity contribution in [3.05, 3.63) is 68.9 Å². The average Bonchev–Trinajstić information content (AvgIpc) is 2.74. The minimum absolute atomic E-state index is 0.00888. The van der Waals surface area contributed by atoms with Gasteiger partial charge in [0.2, 0.25) is 0 Å². The maximum Gasteiger partial charge on any atom is 0.328 e. The number of halogens is 1. The number of carbonyl (C=O) groups excluding carboxylic acids is 2. The number of amides is 1. The predicted molar refractivity (Wildman–Crippen MR) is 125 cm³/mol. The van der Waals surface area contributed by atoms with Crippen LogP contribution in [0.1, 0.15) is 73.6 Å². The van der Waals surface area contributed by atoms with Gasteiger partial charge in [0, 0.05) is 5.69 Å². The molecule has 3 rings (SSSR count). The Bertz CT molecular complexity index is 1070. The molecule has 0 saturated heterocycles. The van der Waals surface area contributed by atoms with Crippen molar-refractivity contribution in [3.8, 4) is 0 Å². The van der Waals surface area contributed by atoms with Gasteiger partial charge in [-0.1, -0.05) is 45.7 Å². The zero-order chi connectivity index (χ0) is 24.2. The zero-order valence-electron chi connectivity index (χ0n) is 19.9. The van der Waals surface area contributed by atoms with Crippen LogP contribution in [0.2, 0.25) is 0 Å². The Labute approximate surface area is 194 Å². The van der Waals surface area contributed by atoms with Gasteiger partial charge in [-0.15, -0.1) is 0 Å². The number of esters is 1. The first-order valence-electron chi connectivity index (χ1n) is 11.5. The summed E-state index contributed by atoms with van der Waals surface area (Å²) in [6.45, 7) is 5.72. The minimum Gasteiger partial charge on any atom is -0.467 e. The predicted octanol–water partition coefficient (Wildman–Crippen LogP) is 4.01. The zero-order valence-corrected chi connectivity index (χ0v) is 19.9. The highest BCUT2D eigenvalue weighted by Gasteiger charge is 2.34. The molecular weight excluding hydrogens is 423 g/mol. The van der Waals surface area contributed by atoms with Crippen molar-refractivity contribution in [2.24, 2.45) is 5.41 Å². The standard InChI is InChI=1S/C26H33FN2O4/c1-26(2,3)22(25(32)33-4)28-23(30)20-15-18-9-7-5-6-8-10-21(18)29(24(20)31)16-17-11-13-19(27)14-12-17/h11-15,22H,5-10,16H2,1-4H3,(H,28,30). The molecule has 1 aliphatic carbocycles. The molecule has 1 aromatic carbocycles. The van der Waals surface area contributed by atoms with Gasteiger partial charge in [-0.2, -0.15) is 0 Å². The van der Waals surface area contributed by atoms with Crippen molar-refractivity contribution in [1.82, 2.24) is 9.88 Å². The van der Waals surface area contributed by atoms with E-state index in [2.05, 4.69) is 5.32 Å². The molecule has 1 heterocycles. The lowest BCUT2D eigenvalue weighted by Gasteiger charge is -2.29. The van der Waals surface area contributed by atoms with E-state index < -0.39 is 28.9 Å². The van der Waals surface area contributed by atoms with Crippen molar-refractivity contribution in [2.75, 3.05) is 7.11 Å². The van der Waals surface area contributed by atoms with Crippen LogP contribution in [0.4, 0.5) is 4.39 Å². The minimum atomic E-state index is -0.901. The number of nitrogens with one attached hydrogen (secondary N) is 1. The van der Waals surface area contributed by atoms with E-state index >= 15 is 0 Å². The number of nitrogens with zero attached hydrogens (tertiary/aromatic N) is 1. The van der Waals surface area contributed by atoms with Crippen LogP contribution in [0.25, 0.3) is 0 Å². The molecule has 1 N–H and O–H groups in total. The lowest BCUT2D eigenvalue weighted by Crippen LogP contribution is -2.51. The molecule has 0 saturated carbocycles. The van der Waals surface area contributed by atoms with Crippen LogP contribution in [-0.4, -0.2) is 29.6 Å². The quantitative estimate of drug-likeness (QED) is 0.690. The molecule has 0 radical (unpaired) electrons. The Morgan fingerprint density at radius 2 is 1.73 bits per heavy atom. The van der Waals surface area contributed by atoms with Gasteiger partial charge in [-0.25, -0.2) is 9.18 Å². The molecule has 1 aliphatic rings. The molecule has 1 atom stereocenters. The fourth-order valence-electron chi connectivity index (χ4n) is 4.29. The summed E-state index contributed by atoms with van der Waals surface area (Å²) in [4.78, 5) is 39.1. The normalized spacial score (nSPS) is 15.1. The van der Waals surface area contributed by atoms with Crippen molar-refractivity contribution in [1.29, 1.82) is 0 Å². The van der Waals surface area contributed by atoms with Crippen molar-refractivity contribution >= 4 is 11.9 Å². The van der Waals surface area contributed by atoms with Gasteiger partial charge in [0.25, 0.3) is 11.5 Å². The molecule has 6 nitrogen and oxygen atoms in total.